The molecule has 4 amide bonds. The van der Waals surface area contributed by atoms with Crippen molar-refractivity contribution in [2.75, 3.05) is 4.90 Å². The predicted molar refractivity (Wildman–Crippen MR) is 78.1 cm³/mol. The number of carbonyl (C=O) groups is 3. The molecule has 1 aliphatic carbocycles. The van der Waals surface area contributed by atoms with Gasteiger partial charge in [-0.2, -0.15) is 0 Å². The zero-order valence-corrected chi connectivity index (χ0v) is 12.4. The number of imide groups is 2. The third-order valence-electron chi connectivity index (χ3n) is 4.27. The lowest BCUT2D eigenvalue weighted by Crippen LogP contribution is -2.63. The Balaban J connectivity index is 2.09. The van der Waals surface area contributed by atoms with Crippen LogP contribution >= 0.6 is 11.6 Å². The van der Waals surface area contributed by atoms with E-state index in [0.29, 0.717) is 23.6 Å². The van der Waals surface area contributed by atoms with E-state index in [1.165, 1.54) is 0 Å². The lowest BCUT2D eigenvalue weighted by molar-refractivity contribution is -0.142. The van der Waals surface area contributed by atoms with Gasteiger partial charge in [-0.3, -0.25) is 14.9 Å². The molecule has 2 fully saturated rings. The van der Waals surface area contributed by atoms with E-state index < -0.39 is 23.3 Å². The number of amides is 4. The number of nitrogens with zero attached hydrogens (tertiary/aromatic N) is 1. The molecule has 1 N–H and O–H groups in total. The molecule has 2 aliphatic rings. The van der Waals surface area contributed by atoms with Gasteiger partial charge >= 0.3 is 6.03 Å². The molecular formula is C15H15ClN2O3. The molecule has 5 nitrogen and oxygen atoms in total. The maximum atomic E-state index is 12.8. The van der Waals surface area contributed by atoms with Crippen molar-refractivity contribution in [3.05, 3.63) is 28.8 Å². The quantitative estimate of drug-likeness (QED) is 0.811. The van der Waals surface area contributed by atoms with Crippen LogP contribution in [0.2, 0.25) is 5.02 Å². The first kappa shape index (κ1) is 14.1. The lowest BCUT2D eigenvalue weighted by atomic mass is 9.82. The van der Waals surface area contributed by atoms with Crippen molar-refractivity contribution < 1.29 is 14.4 Å². The average Bonchev–Trinajstić information content (AvgIpc) is 2.92. The summed E-state index contributed by atoms with van der Waals surface area (Å²) >= 11 is 6.13. The first-order valence-corrected chi connectivity index (χ1v) is 7.30. The minimum atomic E-state index is -1.11. The highest BCUT2D eigenvalue weighted by Crippen LogP contribution is 2.43. The number of nitrogens with one attached hydrogen (secondary N) is 1. The highest BCUT2D eigenvalue weighted by atomic mass is 35.5. The minimum absolute atomic E-state index is 0.312. The molecule has 6 heteroatoms. The van der Waals surface area contributed by atoms with Gasteiger partial charge in [0.2, 0.25) is 5.91 Å². The summed E-state index contributed by atoms with van der Waals surface area (Å²) in [6.45, 7) is 1.85. The summed E-state index contributed by atoms with van der Waals surface area (Å²) in [4.78, 5) is 38.1. The van der Waals surface area contributed by atoms with E-state index in [2.05, 4.69) is 5.32 Å². The van der Waals surface area contributed by atoms with Crippen molar-refractivity contribution in [1.29, 1.82) is 0 Å². The molecule has 0 radical (unpaired) electrons. The number of aryl methyl sites for hydroxylation is 1. The largest absolute Gasteiger partial charge is 0.335 e. The number of barbiturate groups is 1. The molecule has 1 aromatic rings. The van der Waals surface area contributed by atoms with Gasteiger partial charge in [0, 0.05) is 0 Å². The van der Waals surface area contributed by atoms with E-state index in [1.807, 2.05) is 6.92 Å². The zero-order valence-electron chi connectivity index (χ0n) is 11.6. The number of urea groups is 1. The van der Waals surface area contributed by atoms with Crippen LogP contribution < -0.4 is 10.2 Å². The van der Waals surface area contributed by atoms with Gasteiger partial charge in [-0.1, -0.05) is 30.5 Å². The van der Waals surface area contributed by atoms with E-state index in [4.69, 9.17) is 11.6 Å². The molecule has 1 saturated carbocycles. The monoisotopic (exact) mass is 306 g/mol. The van der Waals surface area contributed by atoms with Gasteiger partial charge in [0.05, 0.1) is 10.7 Å². The second-order valence-corrected chi connectivity index (χ2v) is 6.05. The second-order valence-electron chi connectivity index (χ2n) is 5.64. The van der Waals surface area contributed by atoms with Crippen LogP contribution in [0.3, 0.4) is 0 Å². The first-order chi connectivity index (χ1) is 9.95. The van der Waals surface area contributed by atoms with Crippen LogP contribution in [0, 0.1) is 12.3 Å². The van der Waals surface area contributed by atoms with Crippen LogP contribution in [0.25, 0.3) is 0 Å². The molecule has 1 saturated heterocycles. The smallest absolute Gasteiger partial charge is 0.276 e. The van der Waals surface area contributed by atoms with E-state index >= 15 is 0 Å². The van der Waals surface area contributed by atoms with Crippen molar-refractivity contribution in [3.8, 4) is 0 Å². The summed E-state index contributed by atoms with van der Waals surface area (Å²) in [7, 11) is 0. The number of benzene rings is 1. The van der Waals surface area contributed by atoms with Crippen molar-refractivity contribution >= 4 is 35.1 Å². The second kappa shape index (κ2) is 4.84. The van der Waals surface area contributed by atoms with Crippen molar-refractivity contribution in [2.24, 2.45) is 5.41 Å². The van der Waals surface area contributed by atoms with Gasteiger partial charge in [-0.15, -0.1) is 0 Å². The molecule has 0 aromatic heterocycles. The maximum absolute atomic E-state index is 12.8. The zero-order chi connectivity index (χ0) is 15.2. The fourth-order valence-corrected chi connectivity index (χ4v) is 3.31. The van der Waals surface area contributed by atoms with Gasteiger partial charge < -0.3 is 0 Å². The highest BCUT2D eigenvalue weighted by molar-refractivity contribution is 6.37. The topological polar surface area (TPSA) is 66.5 Å². The van der Waals surface area contributed by atoms with E-state index in [0.717, 1.165) is 23.3 Å². The normalized spacial score (nSPS) is 21.0. The molecule has 21 heavy (non-hydrogen) atoms. The van der Waals surface area contributed by atoms with Gasteiger partial charge in [0.25, 0.3) is 5.91 Å². The molecule has 0 bridgehead atoms. The molecule has 0 atom stereocenters. The third-order valence-corrected chi connectivity index (χ3v) is 4.59. The maximum Gasteiger partial charge on any atom is 0.335 e. The first-order valence-electron chi connectivity index (χ1n) is 6.92. The predicted octanol–water partition coefficient (Wildman–Crippen LogP) is 2.79. The molecule has 1 spiro atoms. The number of carbonyl (C=O) groups excluding carboxylic acids is 3. The van der Waals surface area contributed by atoms with Gasteiger partial charge in [-0.05, 0) is 37.5 Å². The standard InChI is InChI=1S/C15H15ClN2O3/c1-9-4-5-10(16)11(8-9)18-13(20)15(6-2-3-7-15)12(19)17-14(18)21/h4-5,8H,2-3,6-7H2,1H3,(H,17,19,21). The van der Waals surface area contributed by atoms with Gasteiger partial charge in [0.1, 0.15) is 5.41 Å². The summed E-state index contributed by atoms with van der Waals surface area (Å²) in [5.41, 5.74) is 0.103. The van der Waals surface area contributed by atoms with Crippen molar-refractivity contribution in [3.63, 3.8) is 0 Å². The Bertz CT molecular complexity index is 650. The van der Waals surface area contributed by atoms with Crippen LogP contribution in [-0.4, -0.2) is 17.8 Å². The fourth-order valence-electron chi connectivity index (χ4n) is 3.11. The number of anilines is 1. The van der Waals surface area contributed by atoms with Crippen LogP contribution in [-0.2, 0) is 9.59 Å². The molecule has 110 valence electrons. The third kappa shape index (κ3) is 2.03. The number of hydrogen-bond donors (Lipinski definition) is 1. The van der Waals surface area contributed by atoms with E-state index in [9.17, 15) is 14.4 Å². The Hall–Kier alpha value is -1.88. The van der Waals surface area contributed by atoms with E-state index in [1.54, 1.807) is 18.2 Å². The van der Waals surface area contributed by atoms with E-state index in [-0.39, 0.29) is 0 Å². The molecule has 0 unspecified atom stereocenters. The Morgan fingerprint density at radius 2 is 1.86 bits per heavy atom. The highest BCUT2D eigenvalue weighted by Gasteiger charge is 2.55. The SMILES string of the molecule is Cc1ccc(Cl)c(N2C(=O)NC(=O)C3(CCCC3)C2=O)c1. The number of halogens is 1. The van der Waals surface area contributed by atoms with Crippen LogP contribution in [0.15, 0.2) is 18.2 Å². The minimum Gasteiger partial charge on any atom is -0.276 e. The Morgan fingerprint density at radius 3 is 2.52 bits per heavy atom. The Labute approximate surface area is 127 Å². The van der Waals surface area contributed by atoms with Gasteiger partial charge in [-0.25, -0.2) is 9.69 Å². The van der Waals surface area contributed by atoms with Crippen LogP contribution in [0.4, 0.5) is 10.5 Å². The van der Waals surface area contributed by atoms with Crippen LogP contribution in [0.1, 0.15) is 31.2 Å². The molecule has 1 aromatic carbocycles. The summed E-state index contributed by atoms with van der Waals surface area (Å²) < 4.78 is 0. The number of rotatable bonds is 1. The molecule has 1 heterocycles. The summed E-state index contributed by atoms with van der Waals surface area (Å²) in [6.07, 6.45) is 2.57. The fraction of sp³-hybridized carbons (Fsp3) is 0.400. The molecule has 3 rings (SSSR count). The average molecular weight is 307 g/mol. The molecule has 1 aliphatic heterocycles. The molecular weight excluding hydrogens is 292 g/mol. The summed E-state index contributed by atoms with van der Waals surface area (Å²) in [5.74, 6) is -0.934. The lowest BCUT2D eigenvalue weighted by Gasteiger charge is -2.37. The Kier molecular flexibility index (Phi) is 3.24. The Morgan fingerprint density at radius 1 is 1.19 bits per heavy atom. The van der Waals surface area contributed by atoms with Crippen molar-refractivity contribution in [1.82, 2.24) is 5.32 Å². The number of hydrogen-bond acceptors (Lipinski definition) is 3. The van der Waals surface area contributed by atoms with Crippen LogP contribution in [0.5, 0.6) is 0 Å². The van der Waals surface area contributed by atoms with Gasteiger partial charge in [0.15, 0.2) is 0 Å². The van der Waals surface area contributed by atoms with Crippen molar-refractivity contribution in [2.45, 2.75) is 32.6 Å². The summed E-state index contributed by atoms with van der Waals surface area (Å²) in [6, 6.07) is 4.40. The summed E-state index contributed by atoms with van der Waals surface area (Å²) in [5, 5.41) is 2.62.